The average Bonchev–Trinajstić information content (AvgIpc) is 2.54. The van der Waals surface area contributed by atoms with Gasteiger partial charge in [-0.05, 0) is 19.4 Å². The van der Waals surface area contributed by atoms with Gasteiger partial charge in [-0.25, -0.2) is 0 Å². The van der Waals surface area contributed by atoms with Crippen molar-refractivity contribution in [2.45, 2.75) is 25.8 Å². The fourth-order valence-corrected chi connectivity index (χ4v) is 1.10. The van der Waals surface area contributed by atoms with Gasteiger partial charge in [-0.2, -0.15) is 0 Å². The van der Waals surface area contributed by atoms with Crippen molar-refractivity contribution in [1.82, 2.24) is 15.0 Å². The highest BCUT2D eigenvalue weighted by Gasteiger charge is 1.98. The Kier molecular flexibility index (Phi) is 4.42. The van der Waals surface area contributed by atoms with Crippen molar-refractivity contribution in [2.75, 3.05) is 13.2 Å². The lowest BCUT2D eigenvalue weighted by molar-refractivity contribution is 0.280. The standard InChI is InChI=1S/C8H16N4O/c9-4-3-8-7-12(11-10-8)5-1-2-6-13/h7,13H,1-6,9H2. The summed E-state index contributed by atoms with van der Waals surface area (Å²) in [6, 6.07) is 0. The van der Waals surface area contributed by atoms with Gasteiger partial charge in [0.2, 0.25) is 0 Å². The van der Waals surface area contributed by atoms with E-state index in [0.717, 1.165) is 31.5 Å². The summed E-state index contributed by atoms with van der Waals surface area (Å²) in [4.78, 5) is 0. The second kappa shape index (κ2) is 5.66. The van der Waals surface area contributed by atoms with Crippen molar-refractivity contribution in [2.24, 2.45) is 5.73 Å². The number of aliphatic hydroxyl groups is 1. The highest BCUT2D eigenvalue weighted by Crippen LogP contribution is 1.96. The molecule has 5 heteroatoms. The monoisotopic (exact) mass is 184 g/mol. The second-order valence-electron chi connectivity index (χ2n) is 2.94. The van der Waals surface area contributed by atoms with Gasteiger partial charge in [0.05, 0.1) is 5.69 Å². The Morgan fingerprint density at radius 1 is 1.46 bits per heavy atom. The van der Waals surface area contributed by atoms with E-state index < -0.39 is 0 Å². The molecular weight excluding hydrogens is 168 g/mol. The van der Waals surface area contributed by atoms with Crippen molar-refractivity contribution in [3.8, 4) is 0 Å². The van der Waals surface area contributed by atoms with Crippen molar-refractivity contribution in [3.63, 3.8) is 0 Å². The molecule has 3 N–H and O–H groups in total. The molecule has 0 aromatic carbocycles. The van der Waals surface area contributed by atoms with Crippen LogP contribution in [0.1, 0.15) is 18.5 Å². The molecule has 74 valence electrons. The summed E-state index contributed by atoms with van der Waals surface area (Å²) in [5.74, 6) is 0. The van der Waals surface area contributed by atoms with Crippen molar-refractivity contribution >= 4 is 0 Å². The molecule has 0 aliphatic rings. The van der Waals surface area contributed by atoms with Crippen LogP contribution in [-0.2, 0) is 13.0 Å². The molecule has 0 aliphatic carbocycles. The summed E-state index contributed by atoms with van der Waals surface area (Å²) >= 11 is 0. The number of hydrogen-bond donors (Lipinski definition) is 2. The van der Waals surface area contributed by atoms with Crippen LogP contribution in [0.25, 0.3) is 0 Å². The molecular formula is C8H16N4O. The predicted octanol–water partition coefficient (Wildman–Crippen LogP) is -0.448. The van der Waals surface area contributed by atoms with Crippen LogP contribution in [0.15, 0.2) is 6.20 Å². The number of rotatable bonds is 6. The first kappa shape index (κ1) is 10.1. The van der Waals surface area contributed by atoms with E-state index in [2.05, 4.69) is 10.3 Å². The molecule has 1 rings (SSSR count). The number of unbranched alkanes of at least 4 members (excludes halogenated alkanes) is 1. The first-order valence-corrected chi connectivity index (χ1v) is 4.56. The first-order valence-electron chi connectivity index (χ1n) is 4.56. The molecule has 5 nitrogen and oxygen atoms in total. The highest BCUT2D eigenvalue weighted by atomic mass is 16.2. The maximum atomic E-state index is 8.57. The fourth-order valence-electron chi connectivity index (χ4n) is 1.10. The Labute approximate surface area is 77.6 Å². The third kappa shape index (κ3) is 3.52. The number of aryl methyl sites for hydroxylation is 1. The quantitative estimate of drug-likeness (QED) is 0.587. The van der Waals surface area contributed by atoms with Gasteiger partial charge in [0.25, 0.3) is 0 Å². The summed E-state index contributed by atoms with van der Waals surface area (Å²) in [6.45, 7) is 1.66. The molecule has 1 heterocycles. The van der Waals surface area contributed by atoms with Crippen LogP contribution in [0.3, 0.4) is 0 Å². The number of nitrogens with two attached hydrogens (primary N) is 1. The average molecular weight is 184 g/mol. The van der Waals surface area contributed by atoms with Crippen molar-refractivity contribution < 1.29 is 5.11 Å². The van der Waals surface area contributed by atoms with E-state index in [9.17, 15) is 0 Å². The van der Waals surface area contributed by atoms with Gasteiger partial charge in [-0.15, -0.1) is 5.10 Å². The van der Waals surface area contributed by atoms with Crippen molar-refractivity contribution in [1.29, 1.82) is 0 Å². The van der Waals surface area contributed by atoms with Gasteiger partial charge in [0.15, 0.2) is 0 Å². The van der Waals surface area contributed by atoms with E-state index in [4.69, 9.17) is 10.8 Å². The van der Waals surface area contributed by atoms with Crippen LogP contribution in [0.5, 0.6) is 0 Å². The number of aromatic nitrogens is 3. The molecule has 1 aromatic heterocycles. The number of aliphatic hydroxyl groups excluding tert-OH is 1. The molecule has 0 unspecified atom stereocenters. The lowest BCUT2D eigenvalue weighted by Gasteiger charge is -1.96. The molecule has 0 spiro atoms. The van der Waals surface area contributed by atoms with Crippen LogP contribution in [0.2, 0.25) is 0 Å². The van der Waals surface area contributed by atoms with Gasteiger partial charge in [0.1, 0.15) is 0 Å². The van der Waals surface area contributed by atoms with E-state index in [1.54, 1.807) is 4.68 Å². The van der Waals surface area contributed by atoms with E-state index in [0.29, 0.717) is 6.54 Å². The zero-order chi connectivity index (χ0) is 9.52. The Morgan fingerprint density at radius 2 is 2.31 bits per heavy atom. The highest BCUT2D eigenvalue weighted by molar-refractivity contribution is 4.92. The molecule has 0 saturated heterocycles. The third-order valence-electron chi connectivity index (χ3n) is 1.78. The van der Waals surface area contributed by atoms with Crippen LogP contribution in [0.4, 0.5) is 0 Å². The summed E-state index contributed by atoms with van der Waals surface area (Å²) < 4.78 is 1.79. The minimum Gasteiger partial charge on any atom is -0.396 e. The predicted molar refractivity (Wildman–Crippen MR) is 49.1 cm³/mol. The van der Waals surface area contributed by atoms with Crippen LogP contribution in [0, 0.1) is 0 Å². The molecule has 13 heavy (non-hydrogen) atoms. The normalized spacial score (nSPS) is 10.6. The zero-order valence-corrected chi connectivity index (χ0v) is 7.69. The molecule has 0 fully saturated rings. The van der Waals surface area contributed by atoms with Crippen LogP contribution < -0.4 is 5.73 Å². The number of nitrogens with zero attached hydrogens (tertiary/aromatic N) is 3. The smallest absolute Gasteiger partial charge is 0.0839 e. The third-order valence-corrected chi connectivity index (χ3v) is 1.78. The first-order chi connectivity index (χ1) is 6.36. The van der Waals surface area contributed by atoms with Crippen molar-refractivity contribution in [3.05, 3.63) is 11.9 Å². The van der Waals surface area contributed by atoms with Gasteiger partial charge in [-0.3, -0.25) is 4.68 Å². The van der Waals surface area contributed by atoms with Gasteiger partial charge < -0.3 is 10.8 Å². The summed E-state index contributed by atoms with van der Waals surface area (Å²) in [5.41, 5.74) is 6.32. The fraction of sp³-hybridized carbons (Fsp3) is 0.750. The van der Waals surface area contributed by atoms with Crippen LogP contribution in [-0.4, -0.2) is 33.3 Å². The lowest BCUT2D eigenvalue weighted by atomic mass is 10.3. The SMILES string of the molecule is NCCc1cn(CCCCO)nn1. The molecule has 0 atom stereocenters. The Morgan fingerprint density at radius 3 is 3.00 bits per heavy atom. The largest absolute Gasteiger partial charge is 0.396 e. The van der Waals surface area contributed by atoms with Gasteiger partial charge in [-0.1, -0.05) is 5.21 Å². The van der Waals surface area contributed by atoms with Crippen LogP contribution >= 0.6 is 0 Å². The summed E-state index contributed by atoms with van der Waals surface area (Å²) in [7, 11) is 0. The Bertz CT molecular complexity index is 236. The maximum absolute atomic E-state index is 8.57. The van der Waals surface area contributed by atoms with E-state index in [1.165, 1.54) is 0 Å². The topological polar surface area (TPSA) is 77.0 Å². The Hall–Kier alpha value is -0.940. The summed E-state index contributed by atoms with van der Waals surface area (Å²) in [6.07, 6.45) is 4.43. The molecule has 0 saturated carbocycles. The Balaban J connectivity index is 2.31. The number of hydrogen-bond acceptors (Lipinski definition) is 4. The maximum Gasteiger partial charge on any atom is 0.0839 e. The lowest BCUT2D eigenvalue weighted by Crippen LogP contribution is -2.02. The second-order valence-corrected chi connectivity index (χ2v) is 2.94. The van der Waals surface area contributed by atoms with E-state index >= 15 is 0 Å². The molecule has 0 bridgehead atoms. The van der Waals surface area contributed by atoms with Gasteiger partial charge in [0, 0.05) is 25.8 Å². The zero-order valence-electron chi connectivity index (χ0n) is 7.69. The molecule has 0 aliphatic heterocycles. The molecule has 0 amide bonds. The molecule has 0 radical (unpaired) electrons. The minimum absolute atomic E-state index is 0.240. The van der Waals surface area contributed by atoms with E-state index in [1.807, 2.05) is 6.20 Å². The summed E-state index contributed by atoms with van der Waals surface area (Å²) in [5, 5.41) is 16.5. The van der Waals surface area contributed by atoms with Gasteiger partial charge >= 0.3 is 0 Å². The van der Waals surface area contributed by atoms with E-state index in [-0.39, 0.29) is 6.61 Å². The molecule has 1 aromatic rings. The minimum atomic E-state index is 0.240.